The molecule has 20 heavy (non-hydrogen) atoms. The Labute approximate surface area is 117 Å². The highest BCUT2D eigenvalue weighted by Gasteiger charge is 2.18. The van der Waals surface area contributed by atoms with Gasteiger partial charge in [0.2, 0.25) is 0 Å². The van der Waals surface area contributed by atoms with E-state index in [0.717, 1.165) is 11.1 Å². The lowest BCUT2D eigenvalue weighted by Gasteiger charge is -2.12. The zero-order valence-electron chi connectivity index (χ0n) is 10.7. The van der Waals surface area contributed by atoms with Gasteiger partial charge >= 0.3 is 0 Å². The maximum absolute atomic E-state index is 9.77. The normalized spacial score (nSPS) is 10.9. The van der Waals surface area contributed by atoms with E-state index in [9.17, 15) is 10.4 Å². The Balaban J connectivity index is 2.72. The second kappa shape index (κ2) is 6.33. The maximum atomic E-state index is 9.77. The first-order valence-electron chi connectivity index (χ1n) is 6.10. The van der Waals surface area contributed by atoms with Crippen LogP contribution >= 0.6 is 0 Å². The minimum Gasteiger partial charge on any atom is -0.373 e. The van der Waals surface area contributed by atoms with Crippen molar-refractivity contribution in [3.63, 3.8) is 0 Å². The van der Waals surface area contributed by atoms with Crippen molar-refractivity contribution in [2.75, 3.05) is 0 Å². The van der Waals surface area contributed by atoms with Crippen LogP contribution in [0.5, 0.6) is 0 Å². The smallest absolute Gasteiger partial charge is 0.176 e. The zero-order chi connectivity index (χ0) is 14.4. The highest BCUT2D eigenvalue weighted by atomic mass is 16.3. The molecule has 1 unspecified atom stereocenters. The fourth-order valence-corrected chi connectivity index (χ4v) is 2.01. The molecule has 3 heteroatoms. The van der Waals surface area contributed by atoms with E-state index in [2.05, 4.69) is 0 Å². The van der Waals surface area contributed by atoms with E-state index in [0.29, 0.717) is 5.57 Å². The first kappa shape index (κ1) is 13.5. The van der Waals surface area contributed by atoms with Crippen molar-refractivity contribution < 1.29 is 5.11 Å². The zero-order valence-corrected chi connectivity index (χ0v) is 10.7. The van der Waals surface area contributed by atoms with Gasteiger partial charge in [0.15, 0.2) is 6.10 Å². The molecule has 0 saturated heterocycles. The molecule has 0 aliphatic carbocycles. The lowest BCUT2D eigenvalue weighted by Crippen LogP contribution is -2.09. The van der Waals surface area contributed by atoms with E-state index >= 15 is 0 Å². The molecule has 0 saturated carbocycles. The van der Waals surface area contributed by atoms with Crippen molar-refractivity contribution >= 4 is 5.57 Å². The summed E-state index contributed by atoms with van der Waals surface area (Å²) in [6.45, 7) is 0. The molecule has 0 fully saturated rings. The summed E-state index contributed by atoms with van der Waals surface area (Å²) >= 11 is 0. The summed E-state index contributed by atoms with van der Waals surface area (Å²) in [7, 11) is 0. The fourth-order valence-electron chi connectivity index (χ4n) is 2.01. The Morgan fingerprint density at radius 3 is 1.65 bits per heavy atom. The minimum atomic E-state index is -1.43. The molecule has 2 rings (SSSR count). The SMILES string of the molecule is N#CC(=C(c1ccccc1)c1ccccc1)C(O)C#N. The summed E-state index contributed by atoms with van der Waals surface area (Å²) in [5.41, 5.74) is 2.24. The van der Waals surface area contributed by atoms with Gasteiger partial charge in [0.25, 0.3) is 0 Å². The third-order valence-corrected chi connectivity index (χ3v) is 2.91. The van der Waals surface area contributed by atoms with Gasteiger partial charge in [-0.15, -0.1) is 0 Å². The molecule has 0 aromatic heterocycles. The maximum Gasteiger partial charge on any atom is 0.176 e. The van der Waals surface area contributed by atoms with Crippen molar-refractivity contribution in [1.82, 2.24) is 0 Å². The molecule has 0 amide bonds. The molecule has 0 bridgehead atoms. The quantitative estimate of drug-likeness (QED) is 0.681. The molecule has 0 aliphatic rings. The topological polar surface area (TPSA) is 67.8 Å². The average molecular weight is 260 g/mol. The van der Waals surface area contributed by atoms with Gasteiger partial charge in [-0.3, -0.25) is 0 Å². The average Bonchev–Trinajstić information content (AvgIpc) is 2.53. The largest absolute Gasteiger partial charge is 0.373 e. The fraction of sp³-hybridized carbons (Fsp3) is 0.0588. The molecule has 1 atom stereocenters. The number of aliphatic hydroxyl groups excluding tert-OH is 1. The molecule has 3 nitrogen and oxygen atoms in total. The summed E-state index contributed by atoms with van der Waals surface area (Å²) in [6.07, 6.45) is -1.43. The van der Waals surface area contributed by atoms with Gasteiger partial charge < -0.3 is 5.11 Å². The summed E-state index contributed by atoms with van der Waals surface area (Å²) in [4.78, 5) is 0. The van der Waals surface area contributed by atoms with Crippen LogP contribution in [0.25, 0.3) is 5.57 Å². The van der Waals surface area contributed by atoms with E-state index in [-0.39, 0.29) is 5.57 Å². The van der Waals surface area contributed by atoms with Gasteiger partial charge in [0, 0.05) is 5.57 Å². The van der Waals surface area contributed by atoms with Crippen LogP contribution < -0.4 is 0 Å². The van der Waals surface area contributed by atoms with E-state index in [1.165, 1.54) is 0 Å². The van der Waals surface area contributed by atoms with Crippen molar-refractivity contribution in [2.24, 2.45) is 0 Å². The molecular weight excluding hydrogens is 248 g/mol. The highest BCUT2D eigenvalue weighted by Crippen LogP contribution is 2.28. The predicted molar refractivity (Wildman–Crippen MR) is 76.1 cm³/mol. The Kier molecular flexibility index (Phi) is 4.29. The van der Waals surface area contributed by atoms with E-state index < -0.39 is 6.10 Å². The Morgan fingerprint density at radius 1 is 0.850 bits per heavy atom. The third-order valence-electron chi connectivity index (χ3n) is 2.91. The molecule has 0 heterocycles. The Hall–Kier alpha value is -2.88. The second-order valence-electron chi connectivity index (χ2n) is 4.16. The molecule has 2 aromatic carbocycles. The Bertz CT molecular complexity index is 650. The summed E-state index contributed by atoms with van der Waals surface area (Å²) in [5.74, 6) is 0. The predicted octanol–water partition coefficient (Wildman–Crippen LogP) is 2.90. The lowest BCUT2D eigenvalue weighted by atomic mass is 9.91. The lowest BCUT2D eigenvalue weighted by molar-refractivity contribution is 0.271. The first-order valence-corrected chi connectivity index (χ1v) is 6.10. The van der Waals surface area contributed by atoms with Gasteiger partial charge in [-0.05, 0) is 11.1 Å². The van der Waals surface area contributed by atoms with Crippen LogP contribution in [-0.4, -0.2) is 11.2 Å². The number of nitrogens with zero attached hydrogens (tertiary/aromatic N) is 2. The molecule has 0 aliphatic heterocycles. The van der Waals surface area contributed by atoms with Crippen LogP contribution in [0, 0.1) is 22.7 Å². The van der Waals surface area contributed by atoms with Crippen molar-refractivity contribution in [3.8, 4) is 12.1 Å². The number of benzene rings is 2. The monoisotopic (exact) mass is 260 g/mol. The standard InChI is InChI=1S/C17H12N2O/c18-11-15(16(20)12-19)17(13-7-3-1-4-8-13)14-9-5-2-6-10-14/h1-10,16,20H. The molecule has 0 radical (unpaired) electrons. The van der Waals surface area contributed by atoms with Gasteiger partial charge in [-0.1, -0.05) is 60.7 Å². The minimum absolute atomic E-state index is 0.0601. The highest BCUT2D eigenvalue weighted by molar-refractivity contribution is 5.85. The summed E-state index contributed by atoms with van der Waals surface area (Å²) in [5, 5.41) is 28.0. The van der Waals surface area contributed by atoms with Crippen molar-refractivity contribution in [2.45, 2.75) is 6.10 Å². The van der Waals surface area contributed by atoms with Crippen LogP contribution in [0.2, 0.25) is 0 Å². The van der Waals surface area contributed by atoms with Crippen LogP contribution in [0.3, 0.4) is 0 Å². The molecule has 96 valence electrons. The van der Waals surface area contributed by atoms with Crippen LogP contribution in [0.1, 0.15) is 11.1 Å². The van der Waals surface area contributed by atoms with E-state index in [4.69, 9.17) is 5.26 Å². The van der Waals surface area contributed by atoms with Gasteiger partial charge in [0.1, 0.15) is 0 Å². The summed E-state index contributed by atoms with van der Waals surface area (Å²) in [6, 6.07) is 22.2. The Morgan fingerprint density at radius 2 is 1.30 bits per heavy atom. The van der Waals surface area contributed by atoms with E-state index in [1.54, 1.807) is 6.07 Å². The van der Waals surface area contributed by atoms with Crippen LogP contribution in [0.15, 0.2) is 66.2 Å². The first-order chi connectivity index (χ1) is 9.77. The van der Waals surface area contributed by atoms with Crippen molar-refractivity contribution in [3.05, 3.63) is 77.4 Å². The molecule has 0 spiro atoms. The third kappa shape index (κ3) is 2.75. The number of hydrogen-bond acceptors (Lipinski definition) is 3. The summed E-state index contributed by atoms with van der Waals surface area (Å²) < 4.78 is 0. The number of aliphatic hydroxyl groups is 1. The van der Waals surface area contributed by atoms with Gasteiger partial charge in [-0.25, -0.2) is 0 Å². The number of hydrogen-bond donors (Lipinski definition) is 1. The van der Waals surface area contributed by atoms with Crippen LogP contribution in [-0.2, 0) is 0 Å². The molecule has 1 N–H and O–H groups in total. The number of nitriles is 2. The van der Waals surface area contributed by atoms with E-state index in [1.807, 2.05) is 66.7 Å². The van der Waals surface area contributed by atoms with Gasteiger partial charge in [-0.2, -0.15) is 10.5 Å². The van der Waals surface area contributed by atoms with Crippen molar-refractivity contribution in [1.29, 1.82) is 10.5 Å². The van der Waals surface area contributed by atoms with Gasteiger partial charge in [0.05, 0.1) is 17.7 Å². The molecular formula is C17H12N2O. The number of rotatable bonds is 3. The molecule has 2 aromatic rings. The second-order valence-corrected chi connectivity index (χ2v) is 4.16. The van der Waals surface area contributed by atoms with Crippen LogP contribution in [0.4, 0.5) is 0 Å².